The summed E-state index contributed by atoms with van der Waals surface area (Å²) in [7, 11) is 2.72. The van der Waals surface area contributed by atoms with Crippen molar-refractivity contribution in [3.05, 3.63) is 30.3 Å². The number of nitrogens with zero attached hydrogens (tertiary/aromatic N) is 1. The van der Waals surface area contributed by atoms with Crippen molar-refractivity contribution in [1.29, 1.82) is 0 Å². The van der Waals surface area contributed by atoms with Crippen LogP contribution in [-0.2, 0) is 9.53 Å². The molecule has 6 nitrogen and oxygen atoms in total. The van der Waals surface area contributed by atoms with Crippen LogP contribution < -0.4 is 9.64 Å². The third-order valence-electron chi connectivity index (χ3n) is 2.64. The number of ether oxygens (including phenoxy) is 2. The number of carboxylic acids is 1. The Balaban J connectivity index is 3.34. The molecular formula is C14H17NO5. The van der Waals surface area contributed by atoms with Gasteiger partial charge in [-0.05, 0) is 30.7 Å². The lowest BCUT2D eigenvalue weighted by molar-refractivity contribution is -0.135. The quantitative estimate of drug-likeness (QED) is 0.895. The Morgan fingerprint density at radius 1 is 1.35 bits per heavy atom. The minimum Gasteiger partial charge on any atom is -0.497 e. The Bertz CT molecular complexity index is 538. The van der Waals surface area contributed by atoms with Crippen LogP contribution >= 0.6 is 0 Å². The fraction of sp³-hybridized carbons (Fsp3) is 0.286. The van der Waals surface area contributed by atoms with Gasteiger partial charge in [0.2, 0.25) is 0 Å². The number of carboxylic acid groups (broad SMARTS) is 1. The molecule has 0 bridgehead atoms. The normalized spacial score (nSPS) is 9.75. The van der Waals surface area contributed by atoms with Crippen molar-refractivity contribution in [2.24, 2.45) is 0 Å². The summed E-state index contributed by atoms with van der Waals surface area (Å²) in [6.45, 7) is 5.08. The molecule has 0 saturated heterocycles. The first-order valence-corrected chi connectivity index (χ1v) is 5.82. The predicted molar refractivity (Wildman–Crippen MR) is 75.1 cm³/mol. The molecule has 1 rings (SSSR count). The number of carbonyl (C=O) groups is 2. The van der Waals surface area contributed by atoms with Crippen molar-refractivity contribution >= 4 is 23.3 Å². The highest BCUT2D eigenvalue weighted by atomic mass is 16.5. The van der Waals surface area contributed by atoms with Crippen LogP contribution in [0.3, 0.4) is 0 Å². The summed E-state index contributed by atoms with van der Waals surface area (Å²) >= 11 is 0. The Kier molecular flexibility index (Phi) is 5.14. The topological polar surface area (TPSA) is 76.1 Å². The zero-order valence-electron chi connectivity index (χ0n) is 11.7. The van der Waals surface area contributed by atoms with E-state index in [1.165, 1.54) is 14.2 Å². The van der Waals surface area contributed by atoms with E-state index in [1.54, 1.807) is 25.1 Å². The molecule has 1 aromatic rings. The standard InChI is InChI=1S/C14H17NO5/c1-9(2)11-7-10(19-3)5-6-12(11)15(8-13(16)17)14(18)20-4/h5-7H,1,8H2,2-4H3,(H,16,17). The van der Waals surface area contributed by atoms with Crippen LogP contribution in [0.15, 0.2) is 24.8 Å². The highest BCUT2D eigenvalue weighted by Gasteiger charge is 2.22. The van der Waals surface area contributed by atoms with Crippen LogP contribution in [0.1, 0.15) is 12.5 Å². The van der Waals surface area contributed by atoms with E-state index in [2.05, 4.69) is 11.3 Å². The lowest BCUT2D eigenvalue weighted by atomic mass is 10.1. The second-order valence-corrected chi connectivity index (χ2v) is 4.11. The molecule has 1 N–H and O–H groups in total. The molecular weight excluding hydrogens is 262 g/mol. The minimum atomic E-state index is -1.14. The molecule has 0 radical (unpaired) electrons. The third-order valence-corrected chi connectivity index (χ3v) is 2.64. The minimum absolute atomic E-state index is 0.410. The molecule has 0 aliphatic heterocycles. The molecule has 0 spiro atoms. The fourth-order valence-corrected chi connectivity index (χ4v) is 1.71. The second-order valence-electron chi connectivity index (χ2n) is 4.11. The molecule has 0 heterocycles. The number of anilines is 1. The summed E-state index contributed by atoms with van der Waals surface area (Å²) < 4.78 is 9.74. The SMILES string of the molecule is C=C(C)c1cc(OC)ccc1N(CC(=O)O)C(=O)OC. The van der Waals surface area contributed by atoms with Gasteiger partial charge in [-0.25, -0.2) is 4.79 Å². The van der Waals surface area contributed by atoms with Crippen molar-refractivity contribution in [1.82, 2.24) is 0 Å². The van der Waals surface area contributed by atoms with E-state index >= 15 is 0 Å². The lowest BCUT2D eigenvalue weighted by Gasteiger charge is -2.22. The Morgan fingerprint density at radius 2 is 2.00 bits per heavy atom. The van der Waals surface area contributed by atoms with Crippen molar-refractivity contribution in [2.45, 2.75) is 6.92 Å². The van der Waals surface area contributed by atoms with Crippen molar-refractivity contribution in [2.75, 3.05) is 25.7 Å². The van der Waals surface area contributed by atoms with Gasteiger partial charge in [-0.15, -0.1) is 0 Å². The number of allylic oxidation sites excluding steroid dienone is 1. The summed E-state index contributed by atoms with van der Waals surface area (Å²) in [4.78, 5) is 23.7. The number of hydrogen-bond acceptors (Lipinski definition) is 4. The van der Waals surface area contributed by atoms with E-state index < -0.39 is 18.6 Å². The van der Waals surface area contributed by atoms with Crippen LogP contribution in [0.5, 0.6) is 5.75 Å². The summed E-state index contributed by atoms with van der Waals surface area (Å²) in [6, 6.07) is 4.93. The number of amides is 1. The van der Waals surface area contributed by atoms with Gasteiger partial charge in [0.1, 0.15) is 12.3 Å². The van der Waals surface area contributed by atoms with E-state index in [-0.39, 0.29) is 0 Å². The summed E-state index contributed by atoms with van der Waals surface area (Å²) in [6.07, 6.45) is -0.750. The molecule has 1 amide bonds. The molecule has 0 aliphatic rings. The zero-order valence-corrected chi connectivity index (χ0v) is 11.7. The third kappa shape index (κ3) is 3.50. The van der Waals surface area contributed by atoms with Gasteiger partial charge in [-0.1, -0.05) is 6.58 Å². The average molecular weight is 279 g/mol. The summed E-state index contributed by atoms with van der Waals surface area (Å²) in [5.41, 5.74) is 1.71. The van der Waals surface area contributed by atoms with Crippen LogP contribution in [-0.4, -0.2) is 37.9 Å². The Hall–Kier alpha value is -2.50. The Labute approximate surface area is 117 Å². The summed E-state index contributed by atoms with van der Waals surface area (Å²) in [5.74, 6) is -0.550. The van der Waals surface area contributed by atoms with Gasteiger partial charge in [-0.3, -0.25) is 9.69 Å². The second kappa shape index (κ2) is 6.60. The van der Waals surface area contributed by atoms with Gasteiger partial charge in [0, 0.05) is 5.56 Å². The number of benzene rings is 1. The first-order chi connectivity index (χ1) is 9.40. The van der Waals surface area contributed by atoms with E-state index in [9.17, 15) is 9.59 Å². The summed E-state index contributed by atoms with van der Waals surface area (Å²) in [5, 5.41) is 8.92. The first-order valence-electron chi connectivity index (χ1n) is 5.82. The predicted octanol–water partition coefficient (Wildman–Crippen LogP) is 2.39. The molecule has 0 saturated carbocycles. The number of methoxy groups -OCH3 is 2. The van der Waals surface area contributed by atoms with Gasteiger partial charge in [0.05, 0.1) is 19.9 Å². The van der Waals surface area contributed by atoms with Gasteiger partial charge < -0.3 is 14.6 Å². The molecule has 0 fully saturated rings. The van der Waals surface area contributed by atoms with Crippen LogP contribution in [0.25, 0.3) is 5.57 Å². The molecule has 1 aromatic carbocycles. The van der Waals surface area contributed by atoms with Gasteiger partial charge in [0.25, 0.3) is 0 Å². The largest absolute Gasteiger partial charge is 0.497 e. The van der Waals surface area contributed by atoms with Gasteiger partial charge in [-0.2, -0.15) is 0 Å². The Morgan fingerprint density at radius 3 is 2.45 bits per heavy atom. The number of aliphatic carboxylic acids is 1. The van der Waals surface area contributed by atoms with Gasteiger partial charge in [0.15, 0.2) is 0 Å². The van der Waals surface area contributed by atoms with E-state index in [1.807, 2.05) is 0 Å². The molecule has 0 aromatic heterocycles. The molecule has 0 aliphatic carbocycles. The molecule has 0 unspecified atom stereocenters. The van der Waals surface area contributed by atoms with Crippen LogP contribution in [0.2, 0.25) is 0 Å². The highest BCUT2D eigenvalue weighted by Crippen LogP contribution is 2.30. The zero-order chi connectivity index (χ0) is 15.3. The van der Waals surface area contributed by atoms with Crippen molar-refractivity contribution in [3.63, 3.8) is 0 Å². The van der Waals surface area contributed by atoms with E-state index in [0.29, 0.717) is 22.6 Å². The highest BCUT2D eigenvalue weighted by molar-refractivity contribution is 5.96. The number of rotatable bonds is 5. The van der Waals surface area contributed by atoms with Crippen LogP contribution in [0, 0.1) is 0 Å². The molecule has 20 heavy (non-hydrogen) atoms. The molecule has 0 atom stereocenters. The van der Waals surface area contributed by atoms with E-state index in [0.717, 1.165) is 4.90 Å². The number of carbonyl (C=O) groups excluding carboxylic acids is 1. The molecule has 108 valence electrons. The van der Waals surface area contributed by atoms with E-state index in [4.69, 9.17) is 9.84 Å². The van der Waals surface area contributed by atoms with Gasteiger partial charge >= 0.3 is 12.1 Å². The average Bonchev–Trinajstić information content (AvgIpc) is 2.43. The van der Waals surface area contributed by atoms with Crippen molar-refractivity contribution < 1.29 is 24.2 Å². The smallest absolute Gasteiger partial charge is 0.414 e. The maximum absolute atomic E-state index is 11.8. The lowest BCUT2D eigenvalue weighted by Crippen LogP contribution is -2.36. The van der Waals surface area contributed by atoms with Crippen molar-refractivity contribution in [3.8, 4) is 5.75 Å². The monoisotopic (exact) mass is 279 g/mol. The molecule has 6 heteroatoms. The maximum atomic E-state index is 11.8. The maximum Gasteiger partial charge on any atom is 0.414 e. The van der Waals surface area contributed by atoms with Crippen LogP contribution in [0.4, 0.5) is 10.5 Å². The fourth-order valence-electron chi connectivity index (χ4n) is 1.71. The first kappa shape index (κ1) is 15.6. The number of hydrogen-bond donors (Lipinski definition) is 1.